The smallest absolute Gasteiger partial charge is 0.240 e. The number of ketones is 1. The molecule has 0 saturated carbocycles. The SMILES string of the molecule is CN(C)c1cccc2c1N(Cc1ccccn1)C(=O)C(CC(=O)[C@H](NC(=O)C(C)(C)N)c1ccccc1)C2.Cl. The van der Waals surface area contributed by atoms with Gasteiger partial charge in [-0.1, -0.05) is 48.5 Å². The molecule has 2 aromatic carbocycles. The molecule has 3 aromatic rings. The number of para-hydroxylation sites is 1. The van der Waals surface area contributed by atoms with Gasteiger partial charge in [-0.15, -0.1) is 12.4 Å². The fraction of sp³-hybridized carbons (Fsp3) is 0.333. The number of nitrogens with one attached hydrogen (secondary N) is 1. The summed E-state index contributed by atoms with van der Waals surface area (Å²) in [5.74, 6) is -1.39. The summed E-state index contributed by atoms with van der Waals surface area (Å²) >= 11 is 0. The van der Waals surface area contributed by atoms with Crippen molar-refractivity contribution >= 4 is 41.4 Å². The molecule has 0 bridgehead atoms. The number of hydrogen-bond acceptors (Lipinski definition) is 6. The number of Topliss-reactive ketones (excluding diaryl/α,β-unsaturated/α-hetero) is 1. The van der Waals surface area contributed by atoms with Crippen LogP contribution in [-0.4, -0.2) is 42.2 Å². The summed E-state index contributed by atoms with van der Waals surface area (Å²) in [4.78, 5) is 48.6. The number of nitrogens with zero attached hydrogens (tertiary/aromatic N) is 3. The van der Waals surface area contributed by atoms with E-state index in [1.165, 1.54) is 0 Å². The molecule has 2 amide bonds. The van der Waals surface area contributed by atoms with Crippen molar-refractivity contribution in [3.63, 3.8) is 0 Å². The van der Waals surface area contributed by atoms with Gasteiger partial charge in [-0.3, -0.25) is 19.4 Å². The highest BCUT2D eigenvalue weighted by Crippen LogP contribution is 2.40. The second kappa shape index (κ2) is 12.4. The highest BCUT2D eigenvalue weighted by molar-refractivity contribution is 6.04. The molecule has 0 aliphatic carbocycles. The molecular formula is C30H36ClN5O3. The number of rotatable bonds is 9. The van der Waals surface area contributed by atoms with Crippen LogP contribution in [0, 0.1) is 5.92 Å². The van der Waals surface area contributed by atoms with Crippen molar-refractivity contribution < 1.29 is 14.4 Å². The van der Waals surface area contributed by atoms with Crippen molar-refractivity contribution in [3.8, 4) is 0 Å². The van der Waals surface area contributed by atoms with Crippen LogP contribution < -0.4 is 20.9 Å². The molecule has 2 atom stereocenters. The van der Waals surface area contributed by atoms with E-state index in [1.807, 2.05) is 73.6 Å². The largest absolute Gasteiger partial charge is 0.376 e. The van der Waals surface area contributed by atoms with Crippen molar-refractivity contribution in [2.45, 2.75) is 44.8 Å². The van der Waals surface area contributed by atoms with E-state index in [0.29, 0.717) is 18.5 Å². The quantitative estimate of drug-likeness (QED) is 0.420. The summed E-state index contributed by atoms with van der Waals surface area (Å²) in [6.07, 6.45) is 2.11. The zero-order valence-corrected chi connectivity index (χ0v) is 23.6. The number of anilines is 2. The van der Waals surface area contributed by atoms with Gasteiger partial charge < -0.3 is 20.9 Å². The molecule has 2 heterocycles. The second-order valence-corrected chi connectivity index (χ2v) is 10.5. The maximum atomic E-state index is 14.0. The van der Waals surface area contributed by atoms with E-state index in [2.05, 4.69) is 10.3 Å². The number of amides is 2. The molecule has 1 unspecified atom stereocenters. The molecule has 4 rings (SSSR count). The van der Waals surface area contributed by atoms with E-state index in [0.717, 1.165) is 22.6 Å². The van der Waals surface area contributed by atoms with Crippen molar-refractivity contribution in [1.82, 2.24) is 10.3 Å². The van der Waals surface area contributed by atoms with Gasteiger partial charge in [-0.05, 0) is 49.6 Å². The fourth-order valence-corrected chi connectivity index (χ4v) is 4.74. The minimum Gasteiger partial charge on any atom is -0.376 e. The molecule has 1 aliphatic rings. The summed E-state index contributed by atoms with van der Waals surface area (Å²) in [6.45, 7) is 3.48. The van der Waals surface area contributed by atoms with E-state index in [4.69, 9.17) is 5.73 Å². The highest BCUT2D eigenvalue weighted by atomic mass is 35.5. The van der Waals surface area contributed by atoms with Crippen LogP contribution in [0.25, 0.3) is 0 Å². The molecule has 0 fully saturated rings. The first-order valence-corrected chi connectivity index (χ1v) is 12.7. The van der Waals surface area contributed by atoms with E-state index >= 15 is 0 Å². The third-order valence-corrected chi connectivity index (χ3v) is 6.74. The Morgan fingerprint density at radius 1 is 1.08 bits per heavy atom. The molecule has 1 aromatic heterocycles. The van der Waals surface area contributed by atoms with Gasteiger partial charge in [0.15, 0.2) is 5.78 Å². The zero-order valence-electron chi connectivity index (χ0n) is 22.8. The third-order valence-electron chi connectivity index (χ3n) is 6.74. The lowest BCUT2D eigenvalue weighted by Gasteiger charge is -2.37. The molecule has 3 N–H and O–H groups in total. The van der Waals surface area contributed by atoms with Gasteiger partial charge in [-0.2, -0.15) is 0 Å². The van der Waals surface area contributed by atoms with Gasteiger partial charge in [-0.25, -0.2) is 0 Å². The molecule has 8 nitrogen and oxygen atoms in total. The molecule has 206 valence electrons. The van der Waals surface area contributed by atoms with Crippen molar-refractivity contribution in [1.29, 1.82) is 0 Å². The number of hydrogen-bond donors (Lipinski definition) is 2. The first-order valence-electron chi connectivity index (χ1n) is 12.7. The molecule has 0 spiro atoms. The molecule has 39 heavy (non-hydrogen) atoms. The first-order chi connectivity index (χ1) is 18.1. The number of carbonyl (C=O) groups is 3. The number of benzene rings is 2. The van der Waals surface area contributed by atoms with Crippen LogP contribution >= 0.6 is 12.4 Å². The Bertz CT molecular complexity index is 1310. The normalized spacial score (nSPS) is 15.6. The fourth-order valence-electron chi connectivity index (χ4n) is 4.74. The average molecular weight is 550 g/mol. The summed E-state index contributed by atoms with van der Waals surface area (Å²) in [7, 11) is 3.89. The Labute approximate surface area is 236 Å². The summed E-state index contributed by atoms with van der Waals surface area (Å²) in [5, 5.41) is 2.82. The summed E-state index contributed by atoms with van der Waals surface area (Å²) in [6, 6.07) is 19.7. The van der Waals surface area contributed by atoms with E-state index < -0.39 is 23.4 Å². The number of halogens is 1. The van der Waals surface area contributed by atoms with Crippen LogP contribution in [0.5, 0.6) is 0 Å². The first kappa shape index (κ1) is 29.8. The van der Waals surface area contributed by atoms with Crippen molar-refractivity contribution in [2.75, 3.05) is 23.9 Å². The van der Waals surface area contributed by atoms with Crippen LogP contribution in [0.2, 0.25) is 0 Å². The van der Waals surface area contributed by atoms with Crippen molar-refractivity contribution in [3.05, 3.63) is 89.7 Å². The maximum Gasteiger partial charge on any atom is 0.240 e. The number of pyridine rings is 1. The zero-order chi connectivity index (χ0) is 27.4. The van der Waals surface area contributed by atoms with Crippen LogP contribution in [0.1, 0.15) is 43.1 Å². The van der Waals surface area contributed by atoms with Gasteiger partial charge in [0.2, 0.25) is 11.8 Å². The van der Waals surface area contributed by atoms with Crippen LogP contribution in [0.4, 0.5) is 11.4 Å². The predicted molar refractivity (Wildman–Crippen MR) is 156 cm³/mol. The Balaban J connectivity index is 0.00000420. The van der Waals surface area contributed by atoms with Gasteiger partial charge >= 0.3 is 0 Å². The lowest BCUT2D eigenvalue weighted by atomic mass is 9.85. The van der Waals surface area contributed by atoms with Gasteiger partial charge in [0, 0.05) is 32.6 Å². The van der Waals surface area contributed by atoms with Crippen LogP contribution in [0.3, 0.4) is 0 Å². The molecule has 9 heteroatoms. The molecular weight excluding hydrogens is 514 g/mol. The topological polar surface area (TPSA) is 109 Å². The predicted octanol–water partition coefficient (Wildman–Crippen LogP) is 3.83. The minimum atomic E-state index is -1.16. The summed E-state index contributed by atoms with van der Waals surface area (Å²) in [5.41, 5.74) is 9.01. The van der Waals surface area contributed by atoms with Crippen LogP contribution in [-0.2, 0) is 27.3 Å². The van der Waals surface area contributed by atoms with Crippen LogP contribution in [0.15, 0.2) is 72.9 Å². The number of carbonyl (C=O) groups excluding carboxylic acids is 3. The highest BCUT2D eigenvalue weighted by Gasteiger charge is 2.38. The Kier molecular flexibility index (Phi) is 9.48. The third kappa shape index (κ3) is 6.82. The average Bonchev–Trinajstić information content (AvgIpc) is 2.89. The van der Waals surface area contributed by atoms with E-state index in [1.54, 1.807) is 37.1 Å². The Hall–Kier alpha value is -3.75. The minimum absolute atomic E-state index is 0. The molecule has 1 aliphatic heterocycles. The van der Waals surface area contributed by atoms with Crippen molar-refractivity contribution in [2.24, 2.45) is 11.7 Å². The Morgan fingerprint density at radius 3 is 2.38 bits per heavy atom. The van der Waals surface area contributed by atoms with E-state index in [-0.39, 0.29) is 30.5 Å². The number of aromatic nitrogens is 1. The number of fused-ring (bicyclic) bond motifs is 1. The maximum absolute atomic E-state index is 14.0. The van der Waals surface area contributed by atoms with Gasteiger partial charge in [0.25, 0.3) is 0 Å². The lowest BCUT2D eigenvalue weighted by molar-refractivity contribution is -0.132. The molecule has 0 saturated heterocycles. The standard InChI is InChI=1S/C30H35N5O3.ClH/c1-30(2,31)29(38)33-26(20-11-6-5-7-12-20)25(36)18-22-17-21-13-10-15-24(34(3)4)27(21)35(28(22)37)19-23-14-8-9-16-32-23;/h5-16,22,26H,17-19,31H2,1-4H3,(H,33,38);1H/t22?,26-;/m1./s1. The Morgan fingerprint density at radius 2 is 1.77 bits per heavy atom. The van der Waals surface area contributed by atoms with Gasteiger partial charge in [0.05, 0.1) is 29.2 Å². The summed E-state index contributed by atoms with van der Waals surface area (Å²) < 4.78 is 0. The van der Waals surface area contributed by atoms with E-state index in [9.17, 15) is 14.4 Å². The number of nitrogens with two attached hydrogens (primary N) is 1. The second-order valence-electron chi connectivity index (χ2n) is 10.5. The van der Waals surface area contributed by atoms with Gasteiger partial charge in [0.1, 0.15) is 6.04 Å². The molecule has 0 radical (unpaired) electrons. The monoisotopic (exact) mass is 549 g/mol. The lowest BCUT2D eigenvalue weighted by Crippen LogP contribution is -2.51.